The molecule has 1 aliphatic rings. The lowest BCUT2D eigenvalue weighted by atomic mass is 10.0. The second-order valence-corrected chi connectivity index (χ2v) is 6.44. The minimum absolute atomic E-state index is 0.0249. The van der Waals surface area contributed by atoms with Crippen LogP contribution >= 0.6 is 0 Å². The van der Waals surface area contributed by atoms with Gasteiger partial charge < -0.3 is 0 Å². The maximum absolute atomic E-state index is 13.2. The van der Waals surface area contributed by atoms with E-state index in [4.69, 9.17) is 4.98 Å². The van der Waals surface area contributed by atoms with Crippen molar-refractivity contribution >= 4 is 10.9 Å². The van der Waals surface area contributed by atoms with Gasteiger partial charge in [0.2, 0.25) is 0 Å². The fourth-order valence-corrected chi connectivity index (χ4v) is 3.35. The summed E-state index contributed by atoms with van der Waals surface area (Å²) in [5.41, 5.74) is 2.08. The van der Waals surface area contributed by atoms with Gasteiger partial charge in [-0.3, -0.25) is 9.36 Å². The minimum Gasteiger partial charge on any atom is -0.293 e. The Labute approximate surface area is 145 Å². The summed E-state index contributed by atoms with van der Waals surface area (Å²) in [7, 11) is 0. The number of hydrogen-bond donors (Lipinski definition) is 0. The van der Waals surface area contributed by atoms with Gasteiger partial charge in [0.25, 0.3) is 5.56 Å². The molecule has 1 aromatic heterocycles. The van der Waals surface area contributed by atoms with E-state index in [0.717, 1.165) is 30.7 Å². The van der Waals surface area contributed by atoms with E-state index in [1.54, 1.807) is 18.2 Å². The predicted molar refractivity (Wildman–Crippen MR) is 96.0 cm³/mol. The van der Waals surface area contributed by atoms with E-state index in [2.05, 4.69) is 18.8 Å². The standard InChI is InChI=1S/C21H17FN2O/c1-14-4-2-7-20-23-19-13-16(10-11-18(19)21(25)24(14)20)9-8-15-5-3-6-17(22)12-15/h3,5-6,10-14H,2,4,7H2,1H3. The zero-order valence-corrected chi connectivity index (χ0v) is 13.9. The Hall–Kier alpha value is -2.93. The molecule has 0 spiro atoms. The highest BCUT2D eigenvalue weighted by atomic mass is 19.1. The molecule has 0 saturated heterocycles. The summed E-state index contributed by atoms with van der Waals surface area (Å²) < 4.78 is 15.0. The van der Waals surface area contributed by atoms with Gasteiger partial charge in [-0.05, 0) is 56.2 Å². The van der Waals surface area contributed by atoms with Gasteiger partial charge in [-0.1, -0.05) is 17.9 Å². The molecule has 3 aromatic rings. The molecule has 0 fully saturated rings. The second-order valence-electron chi connectivity index (χ2n) is 6.44. The fraction of sp³-hybridized carbons (Fsp3) is 0.238. The van der Waals surface area contributed by atoms with Crippen molar-refractivity contribution in [1.29, 1.82) is 0 Å². The lowest BCUT2D eigenvalue weighted by Crippen LogP contribution is -2.31. The summed E-state index contributed by atoms with van der Waals surface area (Å²) in [6.07, 6.45) is 2.89. The Morgan fingerprint density at radius 1 is 1.16 bits per heavy atom. The highest BCUT2D eigenvalue weighted by molar-refractivity contribution is 5.79. The average Bonchev–Trinajstić information content (AvgIpc) is 2.60. The first-order chi connectivity index (χ1) is 12.1. The van der Waals surface area contributed by atoms with Crippen LogP contribution in [0.2, 0.25) is 0 Å². The molecule has 4 rings (SSSR count). The summed E-state index contributed by atoms with van der Waals surface area (Å²) >= 11 is 0. The Bertz CT molecular complexity index is 1090. The molecule has 0 aliphatic carbocycles. The van der Waals surface area contributed by atoms with Crippen LogP contribution in [0.1, 0.15) is 42.8 Å². The van der Waals surface area contributed by atoms with Crippen LogP contribution in [0.3, 0.4) is 0 Å². The first-order valence-electron chi connectivity index (χ1n) is 8.44. The third kappa shape index (κ3) is 2.94. The first kappa shape index (κ1) is 15.6. The zero-order chi connectivity index (χ0) is 17.4. The monoisotopic (exact) mass is 332 g/mol. The average molecular weight is 332 g/mol. The molecular formula is C21H17FN2O. The SMILES string of the molecule is CC1CCCc2nc3cc(C#Cc4cccc(F)c4)ccc3c(=O)n21. The van der Waals surface area contributed by atoms with Crippen molar-refractivity contribution in [2.24, 2.45) is 0 Å². The van der Waals surface area contributed by atoms with Crippen LogP contribution in [0.5, 0.6) is 0 Å². The fourth-order valence-electron chi connectivity index (χ4n) is 3.35. The van der Waals surface area contributed by atoms with Gasteiger partial charge >= 0.3 is 0 Å². The van der Waals surface area contributed by atoms with Gasteiger partial charge in [0.15, 0.2) is 0 Å². The van der Waals surface area contributed by atoms with Gasteiger partial charge in [-0.2, -0.15) is 0 Å². The molecule has 0 N–H and O–H groups in total. The van der Waals surface area contributed by atoms with Crippen molar-refractivity contribution in [2.75, 3.05) is 0 Å². The molecule has 2 heterocycles. The smallest absolute Gasteiger partial charge is 0.261 e. The molecule has 4 heteroatoms. The first-order valence-corrected chi connectivity index (χ1v) is 8.44. The zero-order valence-electron chi connectivity index (χ0n) is 13.9. The third-order valence-electron chi connectivity index (χ3n) is 4.61. The molecule has 1 aliphatic heterocycles. The Kier molecular flexibility index (Phi) is 3.85. The van der Waals surface area contributed by atoms with E-state index in [0.29, 0.717) is 16.5 Å². The number of hydrogen-bond acceptors (Lipinski definition) is 2. The number of aryl methyl sites for hydroxylation is 1. The normalized spacial score (nSPS) is 16.2. The van der Waals surface area contributed by atoms with Crippen LogP contribution in [-0.4, -0.2) is 9.55 Å². The van der Waals surface area contributed by atoms with E-state index in [1.807, 2.05) is 16.7 Å². The van der Waals surface area contributed by atoms with Gasteiger partial charge in [-0.15, -0.1) is 0 Å². The molecule has 1 unspecified atom stereocenters. The van der Waals surface area contributed by atoms with Crippen molar-refractivity contribution in [2.45, 2.75) is 32.2 Å². The quantitative estimate of drug-likeness (QED) is 0.586. The van der Waals surface area contributed by atoms with Crippen molar-refractivity contribution in [3.05, 3.63) is 75.6 Å². The summed E-state index contributed by atoms with van der Waals surface area (Å²) in [6, 6.07) is 11.8. The highest BCUT2D eigenvalue weighted by Crippen LogP contribution is 2.23. The van der Waals surface area contributed by atoms with Crippen LogP contribution in [-0.2, 0) is 6.42 Å². The van der Waals surface area contributed by atoms with E-state index < -0.39 is 0 Å². The number of halogens is 1. The number of nitrogens with zero attached hydrogens (tertiary/aromatic N) is 2. The van der Waals surface area contributed by atoms with Crippen LogP contribution < -0.4 is 5.56 Å². The molecule has 0 bridgehead atoms. The van der Waals surface area contributed by atoms with E-state index in [9.17, 15) is 9.18 Å². The lowest BCUT2D eigenvalue weighted by Gasteiger charge is -2.24. The molecule has 0 radical (unpaired) electrons. The molecule has 3 nitrogen and oxygen atoms in total. The van der Waals surface area contributed by atoms with E-state index in [-0.39, 0.29) is 17.4 Å². The third-order valence-corrected chi connectivity index (χ3v) is 4.61. The van der Waals surface area contributed by atoms with Crippen LogP contribution in [0.25, 0.3) is 10.9 Å². The molecule has 1 atom stereocenters. The van der Waals surface area contributed by atoms with Crippen LogP contribution in [0.15, 0.2) is 47.3 Å². The highest BCUT2D eigenvalue weighted by Gasteiger charge is 2.19. The molecule has 0 saturated carbocycles. The second kappa shape index (κ2) is 6.18. The predicted octanol–water partition coefficient (Wildman–Crippen LogP) is 3.83. The van der Waals surface area contributed by atoms with Crippen molar-refractivity contribution in [3.63, 3.8) is 0 Å². The van der Waals surface area contributed by atoms with Crippen molar-refractivity contribution in [1.82, 2.24) is 9.55 Å². The molecule has 2 aromatic carbocycles. The maximum Gasteiger partial charge on any atom is 0.261 e. The van der Waals surface area contributed by atoms with Crippen molar-refractivity contribution in [3.8, 4) is 11.8 Å². The number of benzene rings is 2. The lowest BCUT2D eigenvalue weighted by molar-refractivity contribution is 0.409. The van der Waals surface area contributed by atoms with Gasteiger partial charge in [0.05, 0.1) is 10.9 Å². The summed E-state index contributed by atoms with van der Waals surface area (Å²) in [6.45, 7) is 2.07. The van der Waals surface area contributed by atoms with Gasteiger partial charge in [0.1, 0.15) is 11.6 Å². The number of fused-ring (bicyclic) bond motifs is 2. The molecule has 0 amide bonds. The Morgan fingerprint density at radius 2 is 1.96 bits per heavy atom. The van der Waals surface area contributed by atoms with Gasteiger partial charge in [0, 0.05) is 23.6 Å². The Balaban J connectivity index is 1.79. The summed E-state index contributed by atoms with van der Waals surface area (Å²) in [5.74, 6) is 6.52. The topological polar surface area (TPSA) is 34.9 Å². The van der Waals surface area contributed by atoms with Crippen LogP contribution in [0.4, 0.5) is 4.39 Å². The minimum atomic E-state index is -0.305. The summed E-state index contributed by atoms with van der Waals surface area (Å²) in [5, 5.41) is 0.619. The van der Waals surface area contributed by atoms with Gasteiger partial charge in [-0.25, -0.2) is 9.37 Å². The van der Waals surface area contributed by atoms with Crippen molar-refractivity contribution < 1.29 is 4.39 Å². The van der Waals surface area contributed by atoms with E-state index in [1.165, 1.54) is 12.1 Å². The van der Waals surface area contributed by atoms with Crippen LogP contribution in [0, 0.1) is 17.7 Å². The largest absolute Gasteiger partial charge is 0.293 e. The molecular weight excluding hydrogens is 315 g/mol. The molecule has 124 valence electrons. The molecule has 25 heavy (non-hydrogen) atoms. The number of aromatic nitrogens is 2. The van der Waals surface area contributed by atoms with E-state index >= 15 is 0 Å². The number of rotatable bonds is 0. The maximum atomic E-state index is 13.2. The summed E-state index contributed by atoms with van der Waals surface area (Å²) in [4.78, 5) is 17.4. The Morgan fingerprint density at radius 3 is 2.76 bits per heavy atom.